The largest absolute Gasteiger partial charge is 0.166 e. The van der Waals surface area contributed by atoms with Crippen molar-refractivity contribution in [2.45, 2.75) is 39.3 Å². The molecule has 0 amide bonds. The van der Waals surface area contributed by atoms with Crippen LogP contribution >= 0.6 is 11.8 Å². The van der Waals surface area contributed by atoms with E-state index in [0.29, 0.717) is 0 Å². The third-order valence-corrected chi connectivity index (χ3v) is 7.11. The predicted octanol–water partition coefficient (Wildman–Crippen LogP) is 6.67. The van der Waals surface area contributed by atoms with Gasteiger partial charge in [0.2, 0.25) is 0 Å². The Morgan fingerprint density at radius 1 is 0.667 bits per heavy atom. The molecule has 122 valence electrons. The van der Waals surface area contributed by atoms with Crippen LogP contribution in [0.5, 0.6) is 0 Å². The lowest BCUT2D eigenvalue weighted by molar-refractivity contribution is 0.896. The fraction of sp³-hybridized carbons (Fsp3) is 0.182. The first-order valence-electron chi connectivity index (χ1n) is 8.46. The van der Waals surface area contributed by atoms with Crippen LogP contribution in [0.4, 0.5) is 0 Å². The van der Waals surface area contributed by atoms with Gasteiger partial charge in [0.05, 0.1) is 10.9 Å². The highest BCUT2D eigenvalue weighted by atomic mass is 32.2. The Hall–Kier alpha value is -1.64. The van der Waals surface area contributed by atoms with Crippen molar-refractivity contribution in [1.29, 1.82) is 0 Å². The Labute approximate surface area is 152 Å². The summed E-state index contributed by atoms with van der Waals surface area (Å²) in [4.78, 5) is 5.49. The summed E-state index contributed by atoms with van der Waals surface area (Å²) in [6.07, 6.45) is 2.54. The minimum absolute atomic E-state index is 0.0395. The van der Waals surface area contributed by atoms with Crippen LogP contribution in [0.3, 0.4) is 0 Å². The van der Waals surface area contributed by atoms with Crippen molar-refractivity contribution >= 4 is 22.7 Å². The molecule has 3 rings (SSSR count). The molecule has 0 heterocycles. The van der Waals surface area contributed by atoms with Gasteiger partial charge in [-0.25, -0.2) is 0 Å². The van der Waals surface area contributed by atoms with Crippen LogP contribution in [0, 0.1) is 0 Å². The summed E-state index contributed by atoms with van der Waals surface area (Å²) >= 11 is 1.96. The van der Waals surface area contributed by atoms with E-state index in [1.54, 1.807) is 0 Å². The Morgan fingerprint density at radius 2 is 1.17 bits per heavy atom. The molecule has 0 saturated heterocycles. The van der Waals surface area contributed by atoms with Crippen molar-refractivity contribution < 1.29 is 0 Å². The Balaban J connectivity index is 1.89. The molecule has 2 heteroatoms. The van der Waals surface area contributed by atoms with Gasteiger partial charge in [-0.05, 0) is 60.7 Å². The molecule has 0 N–H and O–H groups in total. The van der Waals surface area contributed by atoms with Crippen molar-refractivity contribution in [2.24, 2.45) is 0 Å². The van der Waals surface area contributed by atoms with Gasteiger partial charge >= 0.3 is 0 Å². The number of unbranched alkanes of at least 4 members (excludes halogenated alkanes) is 1. The van der Waals surface area contributed by atoms with E-state index < -0.39 is 0 Å². The molecule has 0 aliphatic rings. The van der Waals surface area contributed by atoms with Crippen LogP contribution in [-0.4, -0.2) is 5.75 Å². The lowest BCUT2D eigenvalue weighted by Gasteiger charge is -2.08. The van der Waals surface area contributed by atoms with Crippen molar-refractivity contribution in [3.05, 3.63) is 84.9 Å². The van der Waals surface area contributed by atoms with Crippen molar-refractivity contribution in [3.8, 4) is 0 Å². The van der Waals surface area contributed by atoms with Crippen LogP contribution in [0.2, 0.25) is 0 Å². The molecule has 0 atom stereocenters. The van der Waals surface area contributed by atoms with Crippen LogP contribution in [0.15, 0.2) is 105 Å². The topological polar surface area (TPSA) is 0 Å². The molecular formula is C22H23S2+. The fourth-order valence-corrected chi connectivity index (χ4v) is 5.61. The first kappa shape index (κ1) is 17.2. The lowest BCUT2D eigenvalue weighted by atomic mass is 10.4. The molecule has 0 unspecified atom stereocenters. The highest BCUT2D eigenvalue weighted by Gasteiger charge is 2.27. The number of hydrogen-bond donors (Lipinski definition) is 0. The highest BCUT2D eigenvalue weighted by Crippen LogP contribution is 2.32. The predicted molar refractivity (Wildman–Crippen MR) is 107 cm³/mol. The summed E-state index contributed by atoms with van der Waals surface area (Å²) in [5.74, 6) is 1.21. The average molecular weight is 352 g/mol. The summed E-state index contributed by atoms with van der Waals surface area (Å²) < 4.78 is 0. The minimum atomic E-state index is -0.0395. The zero-order valence-electron chi connectivity index (χ0n) is 14.0. The van der Waals surface area contributed by atoms with Gasteiger partial charge in [-0.3, -0.25) is 0 Å². The first-order chi connectivity index (χ1) is 11.9. The maximum absolute atomic E-state index is 2.30. The molecule has 0 aromatic heterocycles. The molecule has 0 saturated carbocycles. The fourth-order valence-electron chi connectivity index (χ4n) is 2.53. The van der Waals surface area contributed by atoms with E-state index in [1.165, 1.54) is 38.2 Å². The van der Waals surface area contributed by atoms with Gasteiger partial charge in [0.1, 0.15) is 0 Å². The number of rotatable bonds is 7. The van der Waals surface area contributed by atoms with Gasteiger partial charge in [0, 0.05) is 4.90 Å². The normalized spacial score (nSPS) is 10.9. The van der Waals surface area contributed by atoms with Gasteiger partial charge in [-0.1, -0.05) is 49.7 Å². The molecule has 0 aliphatic carbocycles. The average Bonchev–Trinajstić information content (AvgIpc) is 2.65. The monoisotopic (exact) mass is 351 g/mol. The van der Waals surface area contributed by atoms with Crippen LogP contribution in [-0.2, 0) is 10.9 Å². The zero-order valence-corrected chi connectivity index (χ0v) is 15.7. The van der Waals surface area contributed by atoms with Gasteiger partial charge in [0.25, 0.3) is 0 Å². The van der Waals surface area contributed by atoms with E-state index in [-0.39, 0.29) is 10.9 Å². The van der Waals surface area contributed by atoms with Crippen molar-refractivity contribution in [2.75, 3.05) is 5.75 Å². The molecule has 0 spiro atoms. The molecule has 24 heavy (non-hydrogen) atoms. The third-order valence-electron chi connectivity index (χ3n) is 3.78. The summed E-state index contributed by atoms with van der Waals surface area (Å²) in [7, 11) is -0.0395. The maximum Gasteiger partial charge on any atom is 0.166 e. The van der Waals surface area contributed by atoms with Gasteiger partial charge in [-0.15, -0.1) is 11.8 Å². The SMILES string of the molecule is CCCCSc1ccc([S+](c2ccccc2)c2ccccc2)cc1. The molecule has 0 aliphatic heterocycles. The summed E-state index contributed by atoms with van der Waals surface area (Å²) in [5.41, 5.74) is 0. The first-order valence-corrected chi connectivity index (χ1v) is 10.7. The van der Waals surface area contributed by atoms with E-state index in [2.05, 4.69) is 91.9 Å². The molecule has 0 radical (unpaired) electrons. The van der Waals surface area contributed by atoms with Gasteiger partial charge < -0.3 is 0 Å². The van der Waals surface area contributed by atoms with E-state index in [1.807, 2.05) is 11.8 Å². The van der Waals surface area contributed by atoms with E-state index in [9.17, 15) is 0 Å². The second-order valence-corrected chi connectivity index (χ2v) is 8.80. The molecule has 3 aromatic carbocycles. The molecule has 0 bridgehead atoms. The number of benzene rings is 3. The highest BCUT2D eigenvalue weighted by molar-refractivity contribution is 7.99. The van der Waals surface area contributed by atoms with Crippen molar-refractivity contribution in [3.63, 3.8) is 0 Å². The Morgan fingerprint density at radius 3 is 1.67 bits per heavy atom. The standard InChI is InChI=1S/C22H23S2/c1-2-3-18-23-19-14-16-22(17-15-19)24(20-10-6-4-7-11-20)21-12-8-5-9-13-21/h4-17H,2-3,18H2,1H3/q+1. The van der Waals surface area contributed by atoms with E-state index in [0.717, 1.165) is 0 Å². The quantitative estimate of drug-likeness (QED) is 0.260. The van der Waals surface area contributed by atoms with Crippen LogP contribution < -0.4 is 0 Å². The number of hydrogen-bond acceptors (Lipinski definition) is 1. The third kappa shape index (κ3) is 4.46. The summed E-state index contributed by atoms with van der Waals surface area (Å²) in [6, 6.07) is 30.8. The van der Waals surface area contributed by atoms with Crippen LogP contribution in [0.1, 0.15) is 19.8 Å². The van der Waals surface area contributed by atoms with Crippen LogP contribution in [0.25, 0.3) is 0 Å². The van der Waals surface area contributed by atoms with Crippen molar-refractivity contribution in [1.82, 2.24) is 0 Å². The number of thioether (sulfide) groups is 1. The second kappa shape index (κ2) is 9.00. The summed E-state index contributed by atoms with van der Waals surface area (Å²) in [6.45, 7) is 2.25. The van der Waals surface area contributed by atoms with Gasteiger partial charge in [-0.2, -0.15) is 0 Å². The van der Waals surface area contributed by atoms with E-state index >= 15 is 0 Å². The second-order valence-electron chi connectivity index (χ2n) is 5.61. The molecular weight excluding hydrogens is 328 g/mol. The maximum atomic E-state index is 2.30. The lowest BCUT2D eigenvalue weighted by Crippen LogP contribution is -2.04. The molecule has 3 aromatic rings. The summed E-state index contributed by atoms with van der Waals surface area (Å²) in [5, 5.41) is 0. The smallest absolute Gasteiger partial charge is 0.126 e. The Kier molecular flexibility index (Phi) is 6.45. The van der Waals surface area contributed by atoms with Gasteiger partial charge in [0.15, 0.2) is 14.7 Å². The molecule has 0 nitrogen and oxygen atoms in total. The zero-order chi connectivity index (χ0) is 16.6. The van der Waals surface area contributed by atoms with E-state index in [4.69, 9.17) is 0 Å². The Bertz CT molecular complexity index is 681. The minimum Gasteiger partial charge on any atom is -0.126 e. The molecule has 0 fully saturated rings.